The van der Waals surface area contributed by atoms with Gasteiger partial charge in [0.25, 0.3) is 0 Å². The highest BCUT2D eigenvalue weighted by Crippen LogP contribution is 2.12. The zero-order chi connectivity index (χ0) is 19.5. The molecule has 4 N–H and O–H groups in total. The van der Waals surface area contributed by atoms with Crippen LogP contribution in [0.15, 0.2) is 0 Å². The van der Waals surface area contributed by atoms with Crippen molar-refractivity contribution in [3.05, 3.63) is 0 Å². The predicted octanol–water partition coefficient (Wildman–Crippen LogP) is 4.78. The Morgan fingerprint density at radius 2 is 1.31 bits per heavy atom. The van der Waals surface area contributed by atoms with E-state index in [1.807, 2.05) is 0 Å². The largest absolute Gasteiger partial charge is 0.480 e. The van der Waals surface area contributed by atoms with E-state index in [9.17, 15) is 9.59 Å². The number of aliphatic carboxylic acids is 1. The third-order valence-electron chi connectivity index (χ3n) is 4.84. The second-order valence-corrected chi connectivity index (χ2v) is 7.43. The molecule has 0 radical (unpaired) electrons. The lowest BCUT2D eigenvalue weighted by molar-refractivity contribution is -0.138. The van der Waals surface area contributed by atoms with Gasteiger partial charge in [0.05, 0.1) is 0 Å². The van der Waals surface area contributed by atoms with Crippen molar-refractivity contribution in [1.29, 1.82) is 0 Å². The Hall–Kier alpha value is -1.10. The van der Waals surface area contributed by atoms with Gasteiger partial charge in [-0.15, -0.1) is 0 Å². The first kappa shape index (κ1) is 24.9. The van der Waals surface area contributed by atoms with Gasteiger partial charge >= 0.3 is 5.97 Å². The average Bonchev–Trinajstić information content (AvgIpc) is 2.62. The van der Waals surface area contributed by atoms with Gasteiger partial charge in [0, 0.05) is 13.0 Å². The molecule has 0 heterocycles. The summed E-state index contributed by atoms with van der Waals surface area (Å²) in [5, 5.41) is 11.6. The van der Waals surface area contributed by atoms with Gasteiger partial charge in [0.1, 0.15) is 6.04 Å². The Kier molecular flexibility index (Phi) is 17.9. The van der Waals surface area contributed by atoms with E-state index in [-0.39, 0.29) is 5.91 Å². The molecule has 0 saturated heterocycles. The van der Waals surface area contributed by atoms with Gasteiger partial charge in [-0.3, -0.25) is 9.59 Å². The number of hydrogen-bond donors (Lipinski definition) is 3. The number of carboxylic acid groups (broad SMARTS) is 1. The van der Waals surface area contributed by atoms with Crippen LogP contribution >= 0.6 is 0 Å². The van der Waals surface area contributed by atoms with Crippen LogP contribution in [-0.4, -0.2) is 29.6 Å². The number of rotatable bonds is 19. The van der Waals surface area contributed by atoms with Crippen molar-refractivity contribution in [1.82, 2.24) is 5.32 Å². The van der Waals surface area contributed by atoms with E-state index in [0.29, 0.717) is 19.4 Å². The van der Waals surface area contributed by atoms with Crippen molar-refractivity contribution >= 4 is 11.9 Å². The maximum atomic E-state index is 11.7. The summed E-state index contributed by atoms with van der Waals surface area (Å²) in [5.74, 6) is -0.847. The maximum absolute atomic E-state index is 11.7. The van der Waals surface area contributed by atoms with Crippen LogP contribution in [0.3, 0.4) is 0 Å². The van der Waals surface area contributed by atoms with Gasteiger partial charge in [0.15, 0.2) is 0 Å². The fourth-order valence-corrected chi connectivity index (χ4v) is 3.06. The molecule has 1 amide bonds. The Labute approximate surface area is 160 Å². The smallest absolute Gasteiger partial charge is 0.320 e. The molecule has 5 nitrogen and oxygen atoms in total. The van der Waals surface area contributed by atoms with E-state index < -0.39 is 12.0 Å². The minimum atomic E-state index is -0.957. The molecule has 0 aromatic rings. The Morgan fingerprint density at radius 1 is 0.808 bits per heavy atom. The number of nitrogens with two attached hydrogens (primary N) is 1. The Balaban J connectivity index is 3.23. The first-order valence-electron chi connectivity index (χ1n) is 10.8. The first-order valence-corrected chi connectivity index (χ1v) is 10.8. The molecule has 5 heteroatoms. The molecule has 0 aliphatic heterocycles. The molecule has 1 atom stereocenters. The van der Waals surface area contributed by atoms with Gasteiger partial charge in [-0.25, -0.2) is 0 Å². The Morgan fingerprint density at radius 3 is 1.81 bits per heavy atom. The summed E-state index contributed by atoms with van der Waals surface area (Å²) in [6.45, 7) is 2.87. The van der Waals surface area contributed by atoms with Crippen molar-refractivity contribution in [2.75, 3.05) is 6.54 Å². The van der Waals surface area contributed by atoms with Gasteiger partial charge in [0.2, 0.25) is 5.91 Å². The van der Waals surface area contributed by atoms with Gasteiger partial charge in [-0.05, 0) is 25.7 Å². The number of hydrogen-bond acceptors (Lipinski definition) is 3. The van der Waals surface area contributed by atoms with Crippen LogP contribution in [0.25, 0.3) is 0 Å². The summed E-state index contributed by atoms with van der Waals surface area (Å²) < 4.78 is 0. The van der Waals surface area contributed by atoms with Crippen molar-refractivity contribution < 1.29 is 14.7 Å². The topological polar surface area (TPSA) is 92.4 Å². The normalized spacial score (nSPS) is 12.1. The summed E-state index contributed by atoms with van der Waals surface area (Å²) in [5.41, 5.74) is 5.43. The van der Waals surface area contributed by atoms with E-state index in [4.69, 9.17) is 10.8 Å². The van der Waals surface area contributed by atoms with E-state index >= 15 is 0 Å². The van der Waals surface area contributed by atoms with Crippen molar-refractivity contribution in [3.63, 3.8) is 0 Å². The summed E-state index contributed by atoms with van der Waals surface area (Å²) >= 11 is 0. The highest BCUT2D eigenvalue weighted by atomic mass is 16.4. The number of nitrogens with one attached hydrogen (secondary N) is 1. The molecular weight excluding hydrogens is 328 g/mol. The molecule has 0 aliphatic rings. The second-order valence-electron chi connectivity index (χ2n) is 7.43. The molecule has 0 aliphatic carbocycles. The predicted molar refractivity (Wildman–Crippen MR) is 108 cm³/mol. The third kappa shape index (κ3) is 17.7. The number of unbranched alkanes of at least 4 members (excludes halogenated alkanes) is 12. The molecule has 0 aromatic carbocycles. The fourth-order valence-electron chi connectivity index (χ4n) is 3.06. The number of carbonyl (C=O) groups is 2. The zero-order valence-corrected chi connectivity index (χ0v) is 16.9. The van der Waals surface area contributed by atoms with Crippen molar-refractivity contribution in [2.45, 2.75) is 116 Å². The molecule has 26 heavy (non-hydrogen) atoms. The highest BCUT2D eigenvalue weighted by molar-refractivity contribution is 5.75. The zero-order valence-electron chi connectivity index (χ0n) is 16.9. The standard InChI is InChI=1S/C21H42N2O3/c1-2-3-4-5-6-7-8-9-10-11-12-13-17-20(24)23-18-15-14-16-19(22)21(25)26/h19H,2-18,22H2,1H3,(H,23,24)(H,25,26)/t19-/m0/s1. The molecule has 0 bridgehead atoms. The van der Waals surface area contributed by atoms with Crippen LogP contribution in [0, 0.1) is 0 Å². The Bertz CT molecular complexity index is 348. The van der Waals surface area contributed by atoms with Crippen LogP contribution in [0.2, 0.25) is 0 Å². The van der Waals surface area contributed by atoms with Crippen molar-refractivity contribution in [2.24, 2.45) is 5.73 Å². The van der Waals surface area contributed by atoms with Crippen LogP contribution in [0.4, 0.5) is 0 Å². The summed E-state index contributed by atoms with van der Waals surface area (Å²) in [6.07, 6.45) is 18.2. The number of amides is 1. The average molecular weight is 371 g/mol. The molecule has 0 unspecified atom stereocenters. The van der Waals surface area contributed by atoms with Crippen LogP contribution in [0.1, 0.15) is 110 Å². The lowest BCUT2D eigenvalue weighted by atomic mass is 10.0. The molecule has 0 spiro atoms. The van der Waals surface area contributed by atoms with Crippen LogP contribution < -0.4 is 11.1 Å². The third-order valence-corrected chi connectivity index (χ3v) is 4.84. The van der Waals surface area contributed by atoms with E-state index in [1.165, 1.54) is 64.2 Å². The lowest BCUT2D eigenvalue weighted by Gasteiger charge is -2.07. The molecule has 154 valence electrons. The first-order chi connectivity index (χ1) is 12.6. The van der Waals surface area contributed by atoms with Crippen LogP contribution in [0.5, 0.6) is 0 Å². The number of carboxylic acids is 1. The molecule has 0 fully saturated rings. The van der Waals surface area contributed by atoms with E-state index in [2.05, 4.69) is 12.2 Å². The monoisotopic (exact) mass is 370 g/mol. The summed E-state index contributed by atoms with van der Waals surface area (Å²) in [7, 11) is 0. The fraction of sp³-hybridized carbons (Fsp3) is 0.905. The molecule has 0 saturated carbocycles. The number of carbonyl (C=O) groups excluding carboxylic acids is 1. The van der Waals surface area contributed by atoms with Crippen molar-refractivity contribution in [3.8, 4) is 0 Å². The minimum Gasteiger partial charge on any atom is -0.480 e. The lowest BCUT2D eigenvalue weighted by Crippen LogP contribution is -2.30. The van der Waals surface area contributed by atoms with E-state index in [0.717, 1.165) is 25.7 Å². The second kappa shape index (κ2) is 18.7. The van der Waals surface area contributed by atoms with Gasteiger partial charge in [-0.1, -0.05) is 77.6 Å². The highest BCUT2D eigenvalue weighted by Gasteiger charge is 2.10. The summed E-state index contributed by atoms with van der Waals surface area (Å²) in [4.78, 5) is 22.3. The maximum Gasteiger partial charge on any atom is 0.320 e. The molecule has 0 rings (SSSR count). The minimum absolute atomic E-state index is 0.111. The van der Waals surface area contributed by atoms with Crippen LogP contribution in [-0.2, 0) is 9.59 Å². The molecule has 0 aromatic heterocycles. The quantitative estimate of drug-likeness (QED) is 0.285. The van der Waals surface area contributed by atoms with Gasteiger partial charge < -0.3 is 16.2 Å². The van der Waals surface area contributed by atoms with Gasteiger partial charge in [-0.2, -0.15) is 0 Å². The SMILES string of the molecule is CCCCCCCCCCCCCCC(=O)NCCCC[C@H](N)C(=O)O. The summed E-state index contributed by atoms with van der Waals surface area (Å²) in [6, 6.07) is -0.785. The van der Waals surface area contributed by atoms with E-state index in [1.54, 1.807) is 0 Å². The molecular formula is C21H42N2O3.